The number of methoxy groups -OCH3 is 2. The molecule has 0 amide bonds. The van der Waals surface area contributed by atoms with Gasteiger partial charge in [0.15, 0.2) is 0 Å². The van der Waals surface area contributed by atoms with Crippen LogP contribution in [-0.2, 0) is 0 Å². The van der Waals surface area contributed by atoms with Crippen molar-refractivity contribution in [1.82, 2.24) is 10.2 Å². The smallest absolute Gasteiger partial charge is 0.390 e. The van der Waals surface area contributed by atoms with E-state index in [9.17, 15) is 18.3 Å². The fourth-order valence-corrected chi connectivity index (χ4v) is 2.84. The normalized spacial score (nSPS) is 17.0. The van der Waals surface area contributed by atoms with Crippen LogP contribution in [0, 0.1) is 0 Å². The van der Waals surface area contributed by atoms with E-state index in [0.717, 1.165) is 0 Å². The number of benzene rings is 1. The molecule has 1 fully saturated rings. The molecule has 2 N–H and O–H groups in total. The summed E-state index contributed by atoms with van der Waals surface area (Å²) in [6, 6.07) is 1.79. The topological polar surface area (TPSA) is 54.0 Å². The Morgan fingerprint density at radius 1 is 1.21 bits per heavy atom. The molecule has 2 rings (SSSR count). The Balaban J connectivity index is 0.00000288. The first-order chi connectivity index (χ1) is 10.9. The van der Waals surface area contributed by atoms with Gasteiger partial charge in [-0.05, 0) is 0 Å². The maximum absolute atomic E-state index is 13.1. The number of phenolic OH excluding ortho intramolecular Hbond substituents is 1. The molecule has 9 heteroatoms. The average Bonchev–Trinajstić information content (AvgIpc) is 2.52. The van der Waals surface area contributed by atoms with Crippen molar-refractivity contribution in [3.05, 3.63) is 17.7 Å². The first kappa shape index (κ1) is 20.7. The second-order valence-electron chi connectivity index (χ2n) is 5.38. The van der Waals surface area contributed by atoms with Crippen LogP contribution in [0.1, 0.15) is 18.0 Å². The summed E-state index contributed by atoms with van der Waals surface area (Å²) < 4.78 is 49.4. The quantitative estimate of drug-likeness (QED) is 0.834. The fourth-order valence-electron chi connectivity index (χ4n) is 2.84. The monoisotopic (exact) mass is 370 g/mol. The highest BCUT2D eigenvalue weighted by molar-refractivity contribution is 5.85. The van der Waals surface area contributed by atoms with E-state index < -0.39 is 18.6 Å². The van der Waals surface area contributed by atoms with Crippen molar-refractivity contribution < 1.29 is 27.8 Å². The predicted octanol–water partition coefficient (Wildman–Crippen LogP) is 2.73. The summed E-state index contributed by atoms with van der Waals surface area (Å²) >= 11 is 0. The number of alkyl halides is 3. The van der Waals surface area contributed by atoms with Crippen molar-refractivity contribution in [2.45, 2.75) is 18.6 Å². The molecule has 0 saturated carbocycles. The van der Waals surface area contributed by atoms with Gasteiger partial charge in [-0.2, -0.15) is 13.2 Å². The molecular weight excluding hydrogens is 349 g/mol. The Morgan fingerprint density at radius 2 is 1.83 bits per heavy atom. The number of ether oxygens (including phenoxy) is 2. The minimum absolute atomic E-state index is 0. The summed E-state index contributed by atoms with van der Waals surface area (Å²) in [5.41, 5.74) is 0.146. The van der Waals surface area contributed by atoms with Crippen LogP contribution >= 0.6 is 12.4 Å². The van der Waals surface area contributed by atoms with Crippen LogP contribution in [0.2, 0.25) is 0 Å². The molecule has 1 atom stereocenters. The zero-order valence-electron chi connectivity index (χ0n) is 13.5. The molecule has 24 heavy (non-hydrogen) atoms. The Morgan fingerprint density at radius 3 is 2.33 bits per heavy atom. The first-order valence-corrected chi connectivity index (χ1v) is 7.32. The van der Waals surface area contributed by atoms with Crippen molar-refractivity contribution in [3.8, 4) is 17.2 Å². The van der Waals surface area contributed by atoms with E-state index in [-0.39, 0.29) is 29.5 Å². The van der Waals surface area contributed by atoms with Crippen molar-refractivity contribution >= 4 is 12.4 Å². The number of hydrogen-bond donors (Lipinski definition) is 2. The van der Waals surface area contributed by atoms with Gasteiger partial charge in [-0.25, -0.2) is 0 Å². The van der Waals surface area contributed by atoms with Crippen LogP contribution in [0.3, 0.4) is 0 Å². The highest BCUT2D eigenvalue weighted by Gasteiger charge is 2.38. The highest BCUT2D eigenvalue weighted by Crippen LogP contribution is 2.44. The molecule has 0 spiro atoms. The minimum Gasteiger partial charge on any atom is -0.507 e. The lowest BCUT2D eigenvalue weighted by atomic mass is 9.98. The van der Waals surface area contributed by atoms with E-state index in [0.29, 0.717) is 31.9 Å². The summed E-state index contributed by atoms with van der Waals surface area (Å²) in [6.45, 7) is 2.14. The molecule has 1 aliphatic rings. The molecular formula is C15H22ClF3N2O3. The number of hydrogen-bond acceptors (Lipinski definition) is 5. The third-order valence-electron chi connectivity index (χ3n) is 3.90. The van der Waals surface area contributed by atoms with Crippen LogP contribution in [0.4, 0.5) is 13.2 Å². The second-order valence-corrected chi connectivity index (χ2v) is 5.38. The Bertz CT molecular complexity index is 537. The number of nitrogens with zero attached hydrogens (tertiary/aromatic N) is 1. The van der Waals surface area contributed by atoms with Crippen molar-refractivity contribution in [2.24, 2.45) is 0 Å². The predicted molar refractivity (Wildman–Crippen MR) is 86.3 cm³/mol. The summed E-state index contributed by atoms with van der Waals surface area (Å²) in [4.78, 5) is 1.72. The summed E-state index contributed by atoms with van der Waals surface area (Å²) in [6.07, 6.45) is -5.41. The van der Waals surface area contributed by atoms with Crippen molar-refractivity contribution in [3.63, 3.8) is 0 Å². The summed E-state index contributed by atoms with van der Waals surface area (Å²) in [5, 5.41) is 13.4. The Kier molecular flexibility index (Phi) is 7.44. The third kappa shape index (κ3) is 5.06. The standard InChI is InChI=1S/C15H21F3N2O3.ClH/c1-22-10-7-12(21)14(13(8-10)23-2)11(9-15(16,17)18)20-5-3-19-4-6-20;/h7-8,11,19,21H,3-6,9H2,1-2H3;1H/t11-;/m0./s1. The molecule has 138 valence electrons. The molecule has 1 aliphatic heterocycles. The highest BCUT2D eigenvalue weighted by atomic mass is 35.5. The molecule has 0 radical (unpaired) electrons. The molecule has 1 saturated heterocycles. The summed E-state index contributed by atoms with van der Waals surface area (Å²) in [7, 11) is 2.78. The van der Waals surface area contributed by atoms with Crippen LogP contribution < -0.4 is 14.8 Å². The zero-order valence-corrected chi connectivity index (χ0v) is 14.3. The van der Waals surface area contributed by atoms with Gasteiger partial charge in [-0.15, -0.1) is 12.4 Å². The number of phenols is 1. The Hall–Kier alpha value is -1.38. The number of piperazine rings is 1. The maximum Gasteiger partial charge on any atom is 0.390 e. The first-order valence-electron chi connectivity index (χ1n) is 7.32. The van der Waals surface area contributed by atoms with E-state index in [2.05, 4.69) is 5.32 Å². The van der Waals surface area contributed by atoms with Gasteiger partial charge >= 0.3 is 6.18 Å². The van der Waals surface area contributed by atoms with Crippen molar-refractivity contribution in [2.75, 3.05) is 40.4 Å². The molecule has 0 aromatic heterocycles. The van der Waals surface area contributed by atoms with Gasteiger partial charge in [0, 0.05) is 38.3 Å². The lowest BCUT2D eigenvalue weighted by molar-refractivity contribution is -0.149. The van der Waals surface area contributed by atoms with Gasteiger partial charge in [-0.1, -0.05) is 0 Å². The second kappa shape index (κ2) is 8.64. The van der Waals surface area contributed by atoms with E-state index >= 15 is 0 Å². The van der Waals surface area contributed by atoms with Crippen LogP contribution in [0.5, 0.6) is 17.2 Å². The van der Waals surface area contributed by atoms with Gasteiger partial charge < -0.3 is 19.9 Å². The van der Waals surface area contributed by atoms with E-state index in [1.54, 1.807) is 4.90 Å². The molecule has 1 aromatic carbocycles. The Labute approximate surface area is 145 Å². The lowest BCUT2D eigenvalue weighted by Gasteiger charge is -2.36. The SMILES string of the molecule is COc1cc(O)c([C@H](CC(F)(F)F)N2CCNCC2)c(OC)c1.Cl. The van der Waals surface area contributed by atoms with Gasteiger partial charge in [0.05, 0.1) is 32.2 Å². The van der Waals surface area contributed by atoms with Gasteiger partial charge in [0.25, 0.3) is 0 Å². The van der Waals surface area contributed by atoms with Gasteiger partial charge in [-0.3, -0.25) is 4.90 Å². The van der Waals surface area contributed by atoms with E-state index in [1.165, 1.54) is 26.4 Å². The van der Waals surface area contributed by atoms with Crippen molar-refractivity contribution in [1.29, 1.82) is 0 Å². The number of nitrogens with one attached hydrogen (secondary N) is 1. The third-order valence-corrected chi connectivity index (χ3v) is 3.90. The molecule has 0 unspecified atom stereocenters. The fraction of sp³-hybridized carbons (Fsp3) is 0.600. The molecule has 1 aromatic rings. The van der Waals surface area contributed by atoms with E-state index in [1.807, 2.05) is 0 Å². The minimum atomic E-state index is -4.35. The lowest BCUT2D eigenvalue weighted by Crippen LogP contribution is -2.46. The average molecular weight is 371 g/mol. The largest absolute Gasteiger partial charge is 0.507 e. The van der Waals surface area contributed by atoms with Crippen LogP contribution in [0.25, 0.3) is 0 Å². The van der Waals surface area contributed by atoms with Crippen LogP contribution in [0.15, 0.2) is 12.1 Å². The number of halogens is 4. The maximum atomic E-state index is 13.1. The number of rotatable bonds is 5. The molecule has 1 heterocycles. The van der Waals surface area contributed by atoms with Crippen LogP contribution in [-0.4, -0.2) is 56.6 Å². The molecule has 5 nitrogen and oxygen atoms in total. The zero-order chi connectivity index (χ0) is 17.0. The number of aromatic hydroxyl groups is 1. The summed E-state index contributed by atoms with van der Waals surface area (Å²) in [5.74, 6) is 0.262. The van der Waals surface area contributed by atoms with E-state index in [4.69, 9.17) is 9.47 Å². The molecule has 0 bridgehead atoms. The molecule has 0 aliphatic carbocycles. The van der Waals surface area contributed by atoms with Gasteiger partial charge in [0.2, 0.25) is 0 Å². The van der Waals surface area contributed by atoms with Gasteiger partial charge in [0.1, 0.15) is 17.2 Å².